The third-order valence-corrected chi connectivity index (χ3v) is 5.48. The number of aryl methyl sites for hydroxylation is 1. The highest BCUT2D eigenvalue weighted by atomic mass is 35.5. The van der Waals surface area contributed by atoms with Crippen molar-refractivity contribution in [2.24, 2.45) is 0 Å². The number of nitrogens with zero attached hydrogens (tertiary/aromatic N) is 2. The van der Waals surface area contributed by atoms with Crippen LogP contribution >= 0.6 is 11.6 Å². The van der Waals surface area contributed by atoms with E-state index < -0.39 is 5.79 Å². The third kappa shape index (κ3) is 5.88. The van der Waals surface area contributed by atoms with Gasteiger partial charge in [0.15, 0.2) is 5.79 Å². The summed E-state index contributed by atoms with van der Waals surface area (Å²) in [5, 5.41) is 3.50. The lowest BCUT2D eigenvalue weighted by Crippen LogP contribution is -2.37. The van der Waals surface area contributed by atoms with Gasteiger partial charge < -0.3 is 24.1 Å². The van der Waals surface area contributed by atoms with Gasteiger partial charge in [0, 0.05) is 30.8 Å². The molecule has 1 amide bonds. The van der Waals surface area contributed by atoms with E-state index in [1.165, 1.54) is 6.92 Å². The van der Waals surface area contributed by atoms with Crippen LogP contribution in [0.25, 0.3) is 0 Å². The van der Waals surface area contributed by atoms with Gasteiger partial charge in [-0.3, -0.25) is 4.79 Å². The second-order valence-corrected chi connectivity index (χ2v) is 8.25. The summed E-state index contributed by atoms with van der Waals surface area (Å²) in [6.45, 7) is 2.72. The van der Waals surface area contributed by atoms with Crippen molar-refractivity contribution in [2.75, 3.05) is 18.5 Å². The van der Waals surface area contributed by atoms with Crippen molar-refractivity contribution in [3.63, 3.8) is 0 Å². The quantitative estimate of drug-likeness (QED) is 0.520. The molecule has 0 radical (unpaired) electrons. The van der Waals surface area contributed by atoms with Gasteiger partial charge in [-0.05, 0) is 36.2 Å². The van der Waals surface area contributed by atoms with Gasteiger partial charge in [-0.1, -0.05) is 35.9 Å². The number of amides is 1. The van der Waals surface area contributed by atoms with Gasteiger partial charge in [-0.25, -0.2) is 4.98 Å². The Balaban J connectivity index is 1.41. The molecule has 7 nitrogen and oxygen atoms in total. The summed E-state index contributed by atoms with van der Waals surface area (Å²) < 4.78 is 20.5. The molecule has 1 aliphatic heterocycles. The fourth-order valence-electron chi connectivity index (χ4n) is 3.70. The van der Waals surface area contributed by atoms with Crippen LogP contribution in [0.5, 0.6) is 5.75 Å². The molecule has 0 aliphatic carbocycles. The Labute approximate surface area is 192 Å². The van der Waals surface area contributed by atoms with Gasteiger partial charge in [0.05, 0.1) is 25.2 Å². The number of para-hydroxylation sites is 2. The molecule has 0 unspecified atom stereocenters. The molecule has 1 fully saturated rings. The summed E-state index contributed by atoms with van der Waals surface area (Å²) in [5.74, 6) is -0.339. The summed E-state index contributed by atoms with van der Waals surface area (Å²) in [6.07, 6.45) is 6.60. The number of imidazole rings is 1. The van der Waals surface area contributed by atoms with Crippen LogP contribution in [0.4, 0.5) is 5.69 Å². The molecule has 0 bridgehead atoms. The number of carbonyl (C=O) groups excluding carboxylic acids is 1. The van der Waals surface area contributed by atoms with E-state index >= 15 is 0 Å². The van der Waals surface area contributed by atoms with E-state index in [-0.39, 0.29) is 12.0 Å². The lowest BCUT2D eigenvalue weighted by atomic mass is 10.0. The van der Waals surface area contributed by atoms with E-state index in [4.69, 9.17) is 25.8 Å². The number of halogens is 1. The number of anilines is 1. The first-order valence-corrected chi connectivity index (χ1v) is 10.9. The molecule has 3 aromatic rings. The summed E-state index contributed by atoms with van der Waals surface area (Å²) >= 11 is 6.01. The van der Waals surface area contributed by atoms with Crippen molar-refractivity contribution in [2.45, 2.75) is 38.2 Å². The standard InChI is InChI=1S/C24H26ClN3O4/c1-18(29)27-22-4-2-3-5-23(22)30-14-21-15-31-24(32-21,16-28-13-12-26-17-28)11-10-19-6-8-20(25)9-7-19/h2-9,12-13,17,21H,10-11,14-16H2,1H3,(H,27,29)/t21-,24-/m0/s1. The van der Waals surface area contributed by atoms with Gasteiger partial charge in [0.1, 0.15) is 18.5 Å². The smallest absolute Gasteiger partial charge is 0.221 e. The zero-order chi connectivity index (χ0) is 22.4. The highest BCUT2D eigenvalue weighted by molar-refractivity contribution is 6.30. The van der Waals surface area contributed by atoms with Crippen molar-refractivity contribution in [3.05, 3.63) is 77.8 Å². The summed E-state index contributed by atoms with van der Waals surface area (Å²) in [5.41, 5.74) is 1.79. The number of hydrogen-bond acceptors (Lipinski definition) is 5. The number of benzene rings is 2. The van der Waals surface area contributed by atoms with Crippen molar-refractivity contribution in [3.8, 4) is 5.75 Å². The molecule has 0 spiro atoms. The van der Waals surface area contributed by atoms with Crippen LogP contribution in [0.1, 0.15) is 18.9 Å². The van der Waals surface area contributed by atoms with E-state index in [9.17, 15) is 4.79 Å². The number of nitrogens with one attached hydrogen (secondary N) is 1. The molecule has 2 atom stereocenters. The normalized spacial score (nSPS) is 20.2. The minimum Gasteiger partial charge on any atom is -0.489 e. The van der Waals surface area contributed by atoms with Gasteiger partial charge in [0.2, 0.25) is 5.91 Å². The van der Waals surface area contributed by atoms with Crippen molar-refractivity contribution in [1.29, 1.82) is 0 Å². The number of carbonyl (C=O) groups is 1. The van der Waals surface area contributed by atoms with Crippen LogP contribution in [0.2, 0.25) is 5.02 Å². The minimum atomic E-state index is -0.786. The molecule has 168 valence electrons. The molecule has 1 saturated heterocycles. The van der Waals surface area contributed by atoms with Crippen molar-refractivity contribution in [1.82, 2.24) is 9.55 Å². The zero-order valence-electron chi connectivity index (χ0n) is 17.9. The van der Waals surface area contributed by atoms with Gasteiger partial charge >= 0.3 is 0 Å². The average molecular weight is 456 g/mol. The Kier molecular flexibility index (Phi) is 7.09. The monoisotopic (exact) mass is 455 g/mol. The van der Waals surface area contributed by atoms with Crippen LogP contribution in [0.3, 0.4) is 0 Å². The Morgan fingerprint density at radius 1 is 1.28 bits per heavy atom. The third-order valence-electron chi connectivity index (χ3n) is 5.23. The topological polar surface area (TPSA) is 74.6 Å². The molecular weight excluding hydrogens is 430 g/mol. The van der Waals surface area contributed by atoms with Crippen LogP contribution < -0.4 is 10.1 Å². The Hall–Kier alpha value is -2.87. The van der Waals surface area contributed by atoms with Crippen LogP contribution in [0.15, 0.2) is 67.3 Å². The fourth-order valence-corrected chi connectivity index (χ4v) is 3.83. The van der Waals surface area contributed by atoms with Crippen LogP contribution in [-0.2, 0) is 27.2 Å². The first-order chi connectivity index (χ1) is 15.5. The van der Waals surface area contributed by atoms with Crippen LogP contribution in [0, 0.1) is 0 Å². The molecule has 2 heterocycles. The van der Waals surface area contributed by atoms with Gasteiger partial charge in [0.25, 0.3) is 0 Å². The zero-order valence-corrected chi connectivity index (χ0v) is 18.6. The fraction of sp³-hybridized carbons (Fsp3) is 0.333. The summed E-state index contributed by atoms with van der Waals surface area (Å²) in [4.78, 5) is 15.6. The lowest BCUT2D eigenvalue weighted by Gasteiger charge is -2.28. The number of hydrogen-bond donors (Lipinski definition) is 1. The SMILES string of the molecule is CC(=O)Nc1ccccc1OC[C@H]1CO[C@](CCc2ccc(Cl)cc2)(Cn2ccnc2)O1. The Bertz CT molecular complexity index is 1030. The second kappa shape index (κ2) is 10.2. The van der Waals surface area contributed by atoms with E-state index in [2.05, 4.69) is 10.3 Å². The number of rotatable bonds is 9. The Morgan fingerprint density at radius 2 is 2.09 bits per heavy atom. The molecule has 1 aliphatic rings. The van der Waals surface area contributed by atoms with Gasteiger partial charge in [-0.15, -0.1) is 0 Å². The average Bonchev–Trinajstić information content (AvgIpc) is 3.43. The molecular formula is C24H26ClN3O4. The first-order valence-electron chi connectivity index (χ1n) is 10.5. The highest BCUT2D eigenvalue weighted by Gasteiger charge is 2.42. The summed E-state index contributed by atoms with van der Waals surface area (Å²) in [6, 6.07) is 15.1. The first kappa shape index (κ1) is 22.3. The number of aromatic nitrogens is 2. The molecule has 8 heteroatoms. The van der Waals surface area contributed by atoms with Crippen molar-refractivity contribution >= 4 is 23.2 Å². The molecule has 4 rings (SSSR count). The maximum atomic E-state index is 11.4. The van der Waals surface area contributed by atoms with Crippen LogP contribution in [-0.4, -0.2) is 40.6 Å². The van der Waals surface area contributed by atoms with E-state index in [0.717, 1.165) is 12.0 Å². The predicted molar refractivity (Wildman–Crippen MR) is 122 cm³/mol. The molecule has 0 saturated carbocycles. The predicted octanol–water partition coefficient (Wildman–Crippen LogP) is 4.32. The molecule has 1 aromatic heterocycles. The largest absolute Gasteiger partial charge is 0.489 e. The summed E-state index contributed by atoms with van der Waals surface area (Å²) in [7, 11) is 0. The van der Waals surface area contributed by atoms with E-state index in [1.807, 2.05) is 53.2 Å². The minimum absolute atomic E-state index is 0.150. The highest BCUT2D eigenvalue weighted by Crippen LogP contribution is 2.32. The Morgan fingerprint density at radius 3 is 2.84 bits per heavy atom. The van der Waals surface area contributed by atoms with Crippen molar-refractivity contribution < 1.29 is 19.0 Å². The molecule has 1 N–H and O–H groups in total. The molecule has 32 heavy (non-hydrogen) atoms. The second-order valence-electron chi connectivity index (χ2n) is 7.81. The number of ether oxygens (including phenoxy) is 3. The van der Waals surface area contributed by atoms with Gasteiger partial charge in [-0.2, -0.15) is 0 Å². The van der Waals surface area contributed by atoms with E-state index in [1.54, 1.807) is 18.6 Å². The maximum absolute atomic E-state index is 11.4. The van der Waals surface area contributed by atoms with E-state index in [0.29, 0.717) is 42.6 Å². The molecule has 2 aromatic carbocycles. The lowest BCUT2D eigenvalue weighted by molar-refractivity contribution is -0.184. The maximum Gasteiger partial charge on any atom is 0.221 e.